The SMILES string of the molecule is COC(=O)c1sc(C(C)(C)C)cc1N(C(=O)[C@H]1CC[C@H](C)CC1)[C@@H](C)CCO. The van der Waals surface area contributed by atoms with E-state index < -0.39 is 5.97 Å². The minimum atomic E-state index is -0.415. The first-order valence-electron chi connectivity index (χ1n) is 10.3. The largest absolute Gasteiger partial charge is 0.465 e. The van der Waals surface area contributed by atoms with Crippen LogP contribution in [0.4, 0.5) is 5.69 Å². The molecule has 158 valence electrons. The van der Waals surface area contributed by atoms with E-state index in [1.54, 1.807) is 4.90 Å². The lowest BCUT2D eigenvalue weighted by Gasteiger charge is -2.34. The first-order valence-corrected chi connectivity index (χ1v) is 11.1. The van der Waals surface area contributed by atoms with E-state index in [1.807, 2.05) is 13.0 Å². The summed E-state index contributed by atoms with van der Waals surface area (Å²) in [7, 11) is 1.37. The van der Waals surface area contributed by atoms with Crippen molar-refractivity contribution in [1.29, 1.82) is 0 Å². The number of rotatable bonds is 6. The van der Waals surface area contributed by atoms with Crippen LogP contribution < -0.4 is 4.90 Å². The summed E-state index contributed by atoms with van der Waals surface area (Å²) in [6, 6.07) is 1.77. The maximum absolute atomic E-state index is 13.5. The van der Waals surface area contributed by atoms with Gasteiger partial charge in [0.2, 0.25) is 5.91 Å². The van der Waals surface area contributed by atoms with Crippen LogP contribution in [0.25, 0.3) is 0 Å². The summed E-state index contributed by atoms with van der Waals surface area (Å²) in [5.74, 6) is 0.283. The quantitative estimate of drug-likeness (QED) is 0.688. The molecule has 2 rings (SSSR count). The molecule has 1 atom stereocenters. The Morgan fingerprint density at radius 1 is 1.29 bits per heavy atom. The van der Waals surface area contributed by atoms with Crippen LogP contribution in [-0.2, 0) is 14.9 Å². The number of esters is 1. The van der Waals surface area contributed by atoms with E-state index in [4.69, 9.17) is 4.74 Å². The third-order valence-corrected chi connectivity index (χ3v) is 7.20. The molecule has 1 fully saturated rings. The van der Waals surface area contributed by atoms with Crippen molar-refractivity contribution < 1.29 is 19.4 Å². The average Bonchev–Trinajstić information content (AvgIpc) is 3.07. The predicted octanol–water partition coefficient (Wildman–Crippen LogP) is 4.76. The molecule has 1 heterocycles. The number of ether oxygens (including phenoxy) is 1. The average molecular weight is 410 g/mol. The summed E-state index contributed by atoms with van der Waals surface area (Å²) in [5.41, 5.74) is 0.493. The second-order valence-corrected chi connectivity index (χ2v) is 10.1. The number of nitrogens with zero attached hydrogens (tertiary/aromatic N) is 1. The number of aliphatic hydroxyl groups is 1. The minimum absolute atomic E-state index is 0.00350. The van der Waals surface area contributed by atoms with Gasteiger partial charge >= 0.3 is 5.97 Å². The molecule has 1 aliphatic carbocycles. The van der Waals surface area contributed by atoms with Crippen LogP contribution in [0, 0.1) is 11.8 Å². The summed E-state index contributed by atoms with van der Waals surface area (Å²) in [5, 5.41) is 9.49. The molecule has 0 spiro atoms. The number of anilines is 1. The zero-order chi connectivity index (χ0) is 21.1. The van der Waals surface area contributed by atoms with Crippen LogP contribution in [0.5, 0.6) is 0 Å². The summed E-state index contributed by atoms with van der Waals surface area (Å²) in [6.07, 6.45) is 4.34. The molecule has 0 aromatic carbocycles. The number of thiophene rings is 1. The molecule has 5 nitrogen and oxygen atoms in total. The van der Waals surface area contributed by atoms with E-state index in [2.05, 4.69) is 27.7 Å². The Bertz CT molecular complexity index is 683. The number of hydrogen-bond acceptors (Lipinski definition) is 5. The van der Waals surface area contributed by atoms with Gasteiger partial charge in [0, 0.05) is 23.4 Å². The van der Waals surface area contributed by atoms with E-state index in [1.165, 1.54) is 18.4 Å². The van der Waals surface area contributed by atoms with Crippen LogP contribution in [0.1, 0.15) is 81.3 Å². The van der Waals surface area contributed by atoms with E-state index in [-0.39, 0.29) is 29.9 Å². The van der Waals surface area contributed by atoms with Crippen molar-refractivity contribution in [3.05, 3.63) is 15.8 Å². The standard InChI is InChI=1S/C22H35NO4S/c1-14-7-9-16(10-8-14)20(25)23(15(2)11-12-24)17-13-18(22(3,4)5)28-19(17)21(26)27-6/h13-16,24H,7-12H2,1-6H3/t14-,15-,16-/m0/s1. The van der Waals surface area contributed by atoms with E-state index in [0.717, 1.165) is 30.6 Å². The molecule has 1 saturated carbocycles. The Kier molecular flexibility index (Phi) is 7.68. The minimum Gasteiger partial charge on any atom is -0.465 e. The molecule has 0 radical (unpaired) electrons. The van der Waals surface area contributed by atoms with Crippen LogP contribution in [0.2, 0.25) is 0 Å². The van der Waals surface area contributed by atoms with Gasteiger partial charge in [-0.05, 0) is 56.4 Å². The molecule has 1 N–H and O–H groups in total. The van der Waals surface area contributed by atoms with Crippen molar-refractivity contribution in [3.63, 3.8) is 0 Å². The Hall–Kier alpha value is -1.40. The van der Waals surface area contributed by atoms with Gasteiger partial charge in [0.25, 0.3) is 0 Å². The molecule has 6 heteroatoms. The number of carbonyl (C=O) groups excluding carboxylic acids is 2. The monoisotopic (exact) mass is 409 g/mol. The van der Waals surface area contributed by atoms with Crippen LogP contribution in [-0.4, -0.2) is 36.7 Å². The fourth-order valence-corrected chi connectivity index (χ4v) is 4.89. The van der Waals surface area contributed by atoms with Gasteiger partial charge in [0.1, 0.15) is 4.88 Å². The maximum Gasteiger partial charge on any atom is 0.350 e. The molecular weight excluding hydrogens is 374 g/mol. The van der Waals surface area contributed by atoms with E-state index in [0.29, 0.717) is 22.9 Å². The lowest BCUT2D eigenvalue weighted by Crippen LogP contribution is -2.44. The van der Waals surface area contributed by atoms with Gasteiger partial charge in [-0.2, -0.15) is 0 Å². The first kappa shape index (κ1) is 22.9. The lowest BCUT2D eigenvalue weighted by molar-refractivity contribution is -0.124. The fourth-order valence-electron chi connectivity index (χ4n) is 3.76. The summed E-state index contributed by atoms with van der Waals surface area (Å²) < 4.78 is 5.02. The third-order valence-electron chi connectivity index (χ3n) is 5.67. The van der Waals surface area contributed by atoms with Crippen LogP contribution in [0.3, 0.4) is 0 Å². The zero-order valence-electron chi connectivity index (χ0n) is 18.1. The Balaban J connectivity index is 2.49. The smallest absolute Gasteiger partial charge is 0.350 e. The second kappa shape index (κ2) is 9.40. The molecule has 0 aliphatic heterocycles. The van der Waals surface area contributed by atoms with Gasteiger partial charge < -0.3 is 14.7 Å². The van der Waals surface area contributed by atoms with Crippen molar-refractivity contribution in [2.45, 2.75) is 78.2 Å². The molecule has 0 unspecified atom stereocenters. The van der Waals surface area contributed by atoms with E-state index >= 15 is 0 Å². The van der Waals surface area contributed by atoms with Crippen LogP contribution in [0.15, 0.2) is 6.07 Å². The molecular formula is C22H35NO4S. The number of amides is 1. The predicted molar refractivity (Wildman–Crippen MR) is 114 cm³/mol. The Morgan fingerprint density at radius 3 is 2.39 bits per heavy atom. The highest BCUT2D eigenvalue weighted by atomic mass is 32.1. The highest BCUT2D eigenvalue weighted by Crippen LogP contribution is 2.40. The molecule has 1 amide bonds. The van der Waals surface area contributed by atoms with E-state index in [9.17, 15) is 14.7 Å². The van der Waals surface area contributed by atoms with Crippen molar-refractivity contribution >= 4 is 28.9 Å². The summed E-state index contributed by atoms with van der Waals surface area (Å²) in [6.45, 7) is 10.4. The molecule has 1 aliphatic rings. The number of aliphatic hydroxyl groups excluding tert-OH is 1. The van der Waals surface area contributed by atoms with Crippen LogP contribution >= 0.6 is 11.3 Å². The van der Waals surface area contributed by atoms with Crippen molar-refractivity contribution in [2.24, 2.45) is 11.8 Å². The molecule has 0 bridgehead atoms. The number of methoxy groups -OCH3 is 1. The first-order chi connectivity index (χ1) is 13.1. The molecule has 0 saturated heterocycles. The fraction of sp³-hybridized carbons (Fsp3) is 0.727. The van der Waals surface area contributed by atoms with Gasteiger partial charge in [-0.15, -0.1) is 11.3 Å². The molecule has 28 heavy (non-hydrogen) atoms. The van der Waals surface area contributed by atoms with Crippen molar-refractivity contribution in [1.82, 2.24) is 0 Å². The third kappa shape index (κ3) is 5.15. The van der Waals surface area contributed by atoms with Crippen molar-refractivity contribution in [2.75, 3.05) is 18.6 Å². The van der Waals surface area contributed by atoms with Gasteiger partial charge in [-0.3, -0.25) is 4.79 Å². The highest BCUT2D eigenvalue weighted by Gasteiger charge is 2.35. The lowest BCUT2D eigenvalue weighted by atomic mass is 9.82. The van der Waals surface area contributed by atoms with Gasteiger partial charge in [0.05, 0.1) is 12.8 Å². The number of hydrogen-bond donors (Lipinski definition) is 1. The summed E-state index contributed by atoms with van der Waals surface area (Å²) in [4.78, 5) is 29.3. The van der Waals surface area contributed by atoms with Gasteiger partial charge in [-0.25, -0.2) is 4.79 Å². The van der Waals surface area contributed by atoms with Gasteiger partial charge in [-0.1, -0.05) is 27.7 Å². The second-order valence-electron chi connectivity index (χ2n) is 9.09. The normalized spacial score (nSPS) is 21.2. The Labute approximate surface area is 173 Å². The number of carbonyl (C=O) groups is 2. The summed E-state index contributed by atoms with van der Waals surface area (Å²) >= 11 is 1.40. The highest BCUT2D eigenvalue weighted by molar-refractivity contribution is 7.14. The van der Waals surface area contributed by atoms with Crippen molar-refractivity contribution in [3.8, 4) is 0 Å². The Morgan fingerprint density at radius 2 is 1.89 bits per heavy atom. The topological polar surface area (TPSA) is 66.8 Å². The molecule has 1 aromatic heterocycles. The van der Waals surface area contributed by atoms with Gasteiger partial charge in [0.15, 0.2) is 0 Å². The maximum atomic E-state index is 13.5. The zero-order valence-corrected chi connectivity index (χ0v) is 18.9. The molecule has 1 aromatic rings.